The van der Waals surface area contributed by atoms with Crippen LogP contribution in [0, 0.1) is 0 Å². The minimum absolute atomic E-state index is 0.00445. The Bertz CT molecular complexity index is 431. The van der Waals surface area contributed by atoms with E-state index in [9.17, 15) is 15.3 Å². The van der Waals surface area contributed by atoms with Crippen LogP contribution >= 0.6 is 0 Å². The monoisotopic (exact) mass is 251 g/mol. The topological polar surface area (TPSA) is 72.7 Å². The van der Waals surface area contributed by atoms with E-state index in [0.717, 1.165) is 18.4 Å². The number of aromatic hydroxyl groups is 2. The van der Waals surface area contributed by atoms with E-state index in [4.69, 9.17) is 0 Å². The van der Waals surface area contributed by atoms with Gasteiger partial charge in [-0.05, 0) is 30.9 Å². The number of aliphatic hydroxyl groups is 1. The Kier molecular flexibility index (Phi) is 3.78. The highest BCUT2D eigenvalue weighted by Gasteiger charge is 2.28. The third kappa shape index (κ3) is 2.44. The summed E-state index contributed by atoms with van der Waals surface area (Å²) >= 11 is 0. The highest BCUT2D eigenvalue weighted by Crippen LogP contribution is 2.38. The first kappa shape index (κ1) is 13.2. The van der Waals surface area contributed by atoms with Crippen LogP contribution in [-0.4, -0.2) is 27.4 Å². The van der Waals surface area contributed by atoms with E-state index in [2.05, 4.69) is 5.32 Å². The predicted molar refractivity (Wildman–Crippen MR) is 69.7 cm³/mol. The van der Waals surface area contributed by atoms with Gasteiger partial charge in [0.1, 0.15) is 0 Å². The Balaban J connectivity index is 2.35. The van der Waals surface area contributed by atoms with E-state index >= 15 is 0 Å². The van der Waals surface area contributed by atoms with Crippen molar-refractivity contribution in [3.05, 3.63) is 23.3 Å². The molecule has 2 atom stereocenters. The molecule has 0 saturated carbocycles. The molecule has 1 aromatic carbocycles. The predicted octanol–water partition coefficient (Wildman–Crippen LogP) is 1.83. The summed E-state index contributed by atoms with van der Waals surface area (Å²) in [7, 11) is 0. The lowest BCUT2D eigenvalue weighted by atomic mass is 9.97. The fraction of sp³-hybridized carbons (Fsp3) is 0.571. The molecule has 1 aliphatic carbocycles. The lowest BCUT2D eigenvalue weighted by molar-refractivity contribution is 0.121. The standard InChI is InChI=1S/C14H21NO3/c1-8(2)15-11-5-3-4-9-10(13(11)17)6-7-12(16)14(9)18/h6-8,11,13,15-18H,3-5H2,1-2H3. The second-order valence-corrected chi connectivity index (χ2v) is 5.27. The Hall–Kier alpha value is -1.26. The van der Waals surface area contributed by atoms with Crippen LogP contribution in [0.4, 0.5) is 0 Å². The zero-order chi connectivity index (χ0) is 13.3. The summed E-state index contributed by atoms with van der Waals surface area (Å²) in [6, 6.07) is 3.44. The molecule has 0 radical (unpaired) electrons. The second-order valence-electron chi connectivity index (χ2n) is 5.27. The summed E-state index contributed by atoms with van der Waals surface area (Å²) in [5.41, 5.74) is 1.40. The first-order valence-electron chi connectivity index (χ1n) is 6.48. The molecule has 1 aliphatic rings. The zero-order valence-electron chi connectivity index (χ0n) is 10.8. The maximum Gasteiger partial charge on any atom is 0.161 e. The molecule has 0 fully saturated rings. The molecule has 100 valence electrons. The highest BCUT2D eigenvalue weighted by molar-refractivity contribution is 5.50. The Morgan fingerprint density at radius 2 is 2.00 bits per heavy atom. The number of fused-ring (bicyclic) bond motifs is 1. The molecule has 2 rings (SSSR count). The average Bonchev–Trinajstić information content (AvgIpc) is 2.45. The van der Waals surface area contributed by atoms with Gasteiger partial charge in [0.05, 0.1) is 6.10 Å². The number of phenolic OH excluding ortho intramolecular Hbond substituents is 2. The lowest BCUT2D eigenvalue weighted by Crippen LogP contribution is -2.38. The van der Waals surface area contributed by atoms with E-state index in [1.165, 1.54) is 6.07 Å². The molecule has 0 aliphatic heterocycles. The number of aliphatic hydroxyl groups excluding tert-OH is 1. The normalized spacial score (nSPS) is 23.8. The minimum Gasteiger partial charge on any atom is -0.504 e. The van der Waals surface area contributed by atoms with Crippen LogP contribution < -0.4 is 5.32 Å². The van der Waals surface area contributed by atoms with E-state index in [1.54, 1.807) is 6.07 Å². The summed E-state index contributed by atoms with van der Waals surface area (Å²) in [6.07, 6.45) is 1.78. The van der Waals surface area contributed by atoms with Crippen LogP contribution in [-0.2, 0) is 6.42 Å². The molecule has 0 heterocycles. The molecule has 0 aromatic heterocycles. The van der Waals surface area contributed by atoms with Crippen LogP contribution in [0.15, 0.2) is 12.1 Å². The summed E-state index contributed by atoms with van der Waals surface area (Å²) in [5, 5.41) is 33.2. The van der Waals surface area contributed by atoms with Crippen molar-refractivity contribution in [3.8, 4) is 11.5 Å². The van der Waals surface area contributed by atoms with Crippen LogP contribution in [0.5, 0.6) is 11.5 Å². The molecular weight excluding hydrogens is 230 g/mol. The molecular formula is C14H21NO3. The Labute approximate surface area is 107 Å². The van der Waals surface area contributed by atoms with Crippen molar-refractivity contribution in [2.24, 2.45) is 0 Å². The third-order valence-corrected chi connectivity index (χ3v) is 3.49. The Morgan fingerprint density at radius 1 is 1.28 bits per heavy atom. The SMILES string of the molecule is CC(C)NC1CCCc2c(ccc(O)c2O)C1O. The van der Waals surface area contributed by atoms with Gasteiger partial charge in [-0.1, -0.05) is 19.9 Å². The van der Waals surface area contributed by atoms with Crippen LogP contribution in [0.2, 0.25) is 0 Å². The van der Waals surface area contributed by atoms with Crippen molar-refractivity contribution in [1.82, 2.24) is 5.32 Å². The van der Waals surface area contributed by atoms with Gasteiger partial charge in [-0.3, -0.25) is 0 Å². The van der Waals surface area contributed by atoms with Crippen molar-refractivity contribution in [1.29, 1.82) is 0 Å². The number of phenols is 2. The largest absolute Gasteiger partial charge is 0.504 e. The molecule has 0 saturated heterocycles. The van der Waals surface area contributed by atoms with Gasteiger partial charge in [-0.25, -0.2) is 0 Å². The number of nitrogens with one attached hydrogen (secondary N) is 1. The van der Waals surface area contributed by atoms with Gasteiger partial charge in [0.25, 0.3) is 0 Å². The van der Waals surface area contributed by atoms with Gasteiger partial charge >= 0.3 is 0 Å². The quantitative estimate of drug-likeness (QED) is 0.478. The second kappa shape index (κ2) is 5.16. The molecule has 4 heteroatoms. The first-order chi connectivity index (χ1) is 8.50. The van der Waals surface area contributed by atoms with Crippen molar-refractivity contribution in [2.75, 3.05) is 0 Å². The van der Waals surface area contributed by atoms with Crippen molar-refractivity contribution >= 4 is 0 Å². The Morgan fingerprint density at radius 3 is 2.67 bits per heavy atom. The maximum atomic E-state index is 10.4. The van der Waals surface area contributed by atoms with Gasteiger partial charge < -0.3 is 20.6 Å². The third-order valence-electron chi connectivity index (χ3n) is 3.49. The summed E-state index contributed by atoms with van der Waals surface area (Å²) < 4.78 is 0. The van der Waals surface area contributed by atoms with E-state index < -0.39 is 6.10 Å². The van der Waals surface area contributed by atoms with Gasteiger partial charge in [0.2, 0.25) is 0 Å². The number of hydrogen-bond donors (Lipinski definition) is 4. The minimum atomic E-state index is -0.642. The van der Waals surface area contributed by atoms with Gasteiger partial charge in [0.15, 0.2) is 11.5 Å². The van der Waals surface area contributed by atoms with Crippen LogP contribution in [0.1, 0.15) is 43.9 Å². The first-order valence-corrected chi connectivity index (χ1v) is 6.48. The molecule has 4 nitrogen and oxygen atoms in total. The summed E-state index contributed by atoms with van der Waals surface area (Å²) in [6.45, 7) is 4.10. The molecule has 0 bridgehead atoms. The van der Waals surface area contributed by atoms with Gasteiger partial charge in [-0.15, -0.1) is 0 Å². The van der Waals surface area contributed by atoms with E-state index in [0.29, 0.717) is 18.0 Å². The fourth-order valence-corrected chi connectivity index (χ4v) is 2.66. The van der Waals surface area contributed by atoms with Gasteiger partial charge in [0, 0.05) is 17.6 Å². The molecule has 0 spiro atoms. The summed E-state index contributed by atoms with van der Waals surface area (Å²) in [4.78, 5) is 0. The number of hydrogen-bond acceptors (Lipinski definition) is 4. The molecule has 4 N–H and O–H groups in total. The smallest absolute Gasteiger partial charge is 0.161 e. The molecule has 1 aromatic rings. The molecule has 18 heavy (non-hydrogen) atoms. The van der Waals surface area contributed by atoms with Crippen molar-refractivity contribution < 1.29 is 15.3 Å². The van der Waals surface area contributed by atoms with Crippen LogP contribution in [0.25, 0.3) is 0 Å². The summed E-state index contributed by atoms with van der Waals surface area (Å²) in [5.74, 6) is -0.201. The van der Waals surface area contributed by atoms with Crippen molar-refractivity contribution in [2.45, 2.75) is 51.3 Å². The highest BCUT2D eigenvalue weighted by atomic mass is 16.3. The fourth-order valence-electron chi connectivity index (χ4n) is 2.66. The molecule has 0 amide bonds. The molecule has 2 unspecified atom stereocenters. The van der Waals surface area contributed by atoms with E-state index in [-0.39, 0.29) is 17.5 Å². The zero-order valence-corrected chi connectivity index (χ0v) is 10.8. The average molecular weight is 251 g/mol. The van der Waals surface area contributed by atoms with Gasteiger partial charge in [-0.2, -0.15) is 0 Å². The maximum absolute atomic E-state index is 10.4. The van der Waals surface area contributed by atoms with Crippen LogP contribution in [0.3, 0.4) is 0 Å². The number of benzene rings is 1. The number of rotatable bonds is 2. The van der Waals surface area contributed by atoms with Crippen molar-refractivity contribution in [3.63, 3.8) is 0 Å². The van der Waals surface area contributed by atoms with E-state index in [1.807, 2.05) is 13.8 Å². The lowest BCUT2D eigenvalue weighted by Gasteiger charge is -2.25.